The van der Waals surface area contributed by atoms with E-state index in [4.69, 9.17) is 0 Å². The highest BCUT2D eigenvalue weighted by Crippen LogP contribution is 2.62. The molecule has 2 heteroatoms. The zero-order valence-corrected chi connectivity index (χ0v) is 12.6. The quantitative estimate of drug-likeness (QED) is 0.862. The summed E-state index contributed by atoms with van der Waals surface area (Å²) >= 11 is 1.88. The molecule has 2 bridgehead atoms. The molecule has 1 heterocycles. The second-order valence-electron chi connectivity index (χ2n) is 7.13. The van der Waals surface area contributed by atoms with E-state index in [0.717, 1.165) is 12.5 Å². The fourth-order valence-electron chi connectivity index (χ4n) is 4.61. The summed E-state index contributed by atoms with van der Waals surface area (Å²) in [6.45, 7) is 8.59. The first-order valence-electron chi connectivity index (χ1n) is 7.28. The Morgan fingerprint density at radius 3 is 2.83 bits per heavy atom. The molecule has 1 aromatic heterocycles. The topological polar surface area (TPSA) is 12.0 Å². The summed E-state index contributed by atoms with van der Waals surface area (Å²) in [6, 6.07) is 5.12. The molecule has 0 aliphatic heterocycles. The molecule has 3 atom stereocenters. The maximum atomic E-state index is 3.89. The van der Waals surface area contributed by atoms with E-state index in [-0.39, 0.29) is 0 Å². The van der Waals surface area contributed by atoms with Gasteiger partial charge in [0, 0.05) is 17.5 Å². The van der Waals surface area contributed by atoms with Gasteiger partial charge in [0.05, 0.1) is 0 Å². The molecule has 2 saturated carbocycles. The number of nitrogens with one attached hydrogen (secondary N) is 1. The molecule has 0 saturated heterocycles. The van der Waals surface area contributed by atoms with E-state index in [1.807, 2.05) is 11.3 Å². The molecule has 2 aliphatic rings. The van der Waals surface area contributed by atoms with Gasteiger partial charge in [0.2, 0.25) is 0 Å². The van der Waals surface area contributed by atoms with Crippen molar-refractivity contribution >= 4 is 11.3 Å². The highest BCUT2D eigenvalue weighted by molar-refractivity contribution is 7.09. The van der Waals surface area contributed by atoms with Crippen molar-refractivity contribution in [1.29, 1.82) is 0 Å². The van der Waals surface area contributed by atoms with Crippen molar-refractivity contribution in [3.8, 4) is 0 Å². The molecular formula is C16H25NS. The van der Waals surface area contributed by atoms with Crippen LogP contribution in [-0.4, -0.2) is 12.6 Å². The highest BCUT2D eigenvalue weighted by atomic mass is 32.1. The molecule has 0 aromatic carbocycles. The Kier molecular flexibility index (Phi) is 3.06. The molecule has 1 N–H and O–H groups in total. The Balaban J connectivity index is 1.62. The van der Waals surface area contributed by atoms with Gasteiger partial charge in [0.1, 0.15) is 0 Å². The number of rotatable bonds is 4. The molecule has 2 fully saturated rings. The molecule has 1 aromatic rings. The largest absolute Gasteiger partial charge is 0.313 e. The predicted octanol–water partition coefficient (Wildman–Crippen LogP) is 4.10. The molecule has 18 heavy (non-hydrogen) atoms. The van der Waals surface area contributed by atoms with Crippen LogP contribution in [0.2, 0.25) is 0 Å². The summed E-state index contributed by atoms with van der Waals surface area (Å²) in [5.74, 6) is 0.946. The van der Waals surface area contributed by atoms with Gasteiger partial charge in [-0.1, -0.05) is 26.8 Å². The van der Waals surface area contributed by atoms with Gasteiger partial charge < -0.3 is 5.32 Å². The van der Waals surface area contributed by atoms with Crippen molar-refractivity contribution in [3.05, 3.63) is 22.4 Å². The van der Waals surface area contributed by atoms with Crippen molar-refractivity contribution in [3.63, 3.8) is 0 Å². The first-order valence-corrected chi connectivity index (χ1v) is 8.16. The second-order valence-corrected chi connectivity index (χ2v) is 8.16. The van der Waals surface area contributed by atoms with Crippen molar-refractivity contribution < 1.29 is 0 Å². The Bertz CT molecular complexity index is 404. The molecule has 100 valence electrons. The van der Waals surface area contributed by atoms with Crippen molar-refractivity contribution in [2.45, 2.75) is 52.5 Å². The highest BCUT2D eigenvalue weighted by Gasteiger charge is 2.58. The maximum absolute atomic E-state index is 3.89. The standard InChI is InChI=1S/C16H25NS/c1-15(2)12-6-8-16(3,11-12)14(15)17-9-7-13-5-4-10-18-13/h4-5,10,12,14,17H,6-9,11H2,1-3H3. The van der Waals surface area contributed by atoms with Gasteiger partial charge in [-0.2, -0.15) is 0 Å². The predicted molar refractivity (Wildman–Crippen MR) is 79.0 cm³/mol. The van der Waals surface area contributed by atoms with Crippen molar-refractivity contribution in [2.75, 3.05) is 6.54 Å². The van der Waals surface area contributed by atoms with Gasteiger partial charge >= 0.3 is 0 Å². The summed E-state index contributed by atoms with van der Waals surface area (Å²) < 4.78 is 0. The van der Waals surface area contributed by atoms with Crippen LogP contribution >= 0.6 is 11.3 Å². The fourth-order valence-corrected chi connectivity index (χ4v) is 5.31. The lowest BCUT2D eigenvalue weighted by molar-refractivity contribution is 0.110. The second kappa shape index (κ2) is 4.35. The van der Waals surface area contributed by atoms with Gasteiger partial charge in [-0.25, -0.2) is 0 Å². The summed E-state index contributed by atoms with van der Waals surface area (Å²) in [7, 11) is 0. The minimum absolute atomic E-state index is 0.489. The van der Waals surface area contributed by atoms with Gasteiger partial charge in [0.15, 0.2) is 0 Å². The molecule has 0 amide bonds. The van der Waals surface area contributed by atoms with Gasteiger partial charge in [-0.15, -0.1) is 11.3 Å². The minimum atomic E-state index is 0.489. The molecule has 3 rings (SSSR count). The third-order valence-corrected chi connectivity index (χ3v) is 6.51. The zero-order chi connectivity index (χ0) is 12.8. The third-order valence-electron chi connectivity index (χ3n) is 5.57. The van der Waals surface area contributed by atoms with E-state index >= 15 is 0 Å². The Hall–Kier alpha value is -0.340. The average molecular weight is 263 g/mol. The van der Waals surface area contributed by atoms with Crippen LogP contribution < -0.4 is 5.32 Å². The zero-order valence-electron chi connectivity index (χ0n) is 11.8. The van der Waals surface area contributed by atoms with Gasteiger partial charge in [0.25, 0.3) is 0 Å². The molecule has 0 radical (unpaired) electrons. The van der Waals surface area contributed by atoms with E-state index in [2.05, 4.69) is 43.6 Å². The number of thiophene rings is 1. The van der Waals surface area contributed by atoms with Crippen LogP contribution in [0, 0.1) is 16.7 Å². The lowest BCUT2D eigenvalue weighted by Crippen LogP contribution is -2.50. The van der Waals surface area contributed by atoms with E-state index in [1.54, 1.807) is 0 Å². The lowest BCUT2D eigenvalue weighted by atomic mass is 9.68. The van der Waals surface area contributed by atoms with Crippen LogP contribution in [0.25, 0.3) is 0 Å². The SMILES string of the molecule is CC12CCC(C1)C(C)(C)C2NCCc1cccs1. The molecule has 1 nitrogen and oxygen atoms in total. The summed E-state index contributed by atoms with van der Waals surface area (Å²) in [4.78, 5) is 1.51. The van der Waals surface area contributed by atoms with E-state index in [9.17, 15) is 0 Å². The van der Waals surface area contributed by atoms with Gasteiger partial charge in [-0.3, -0.25) is 0 Å². The maximum Gasteiger partial charge on any atom is 0.0175 e. The first-order chi connectivity index (χ1) is 8.52. The van der Waals surface area contributed by atoms with Crippen LogP contribution in [0.3, 0.4) is 0 Å². The van der Waals surface area contributed by atoms with Crippen LogP contribution in [0.4, 0.5) is 0 Å². The van der Waals surface area contributed by atoms with Crippen molar-refractivity contribution in [2.24, 2.45) is 16.7 Å². The van der Waals surface area contributed by atoms with E-state index in [0.29, 0.717) is 16.9 Å². The average Bonchev–Trinajstić information content (AvgIpc) is 2.96. The molecule has 2 aliphatic carbocycles. The molecular weight excluding hydrogens is 238 g/mol. The van der Waals surface area contributed by atoms with E-state index in [1.165, 1.54) is 30.6 Å². The monoisotopic (exact) mass is 263 g/mol. The Morgan fingerprint density at radius 1 is 1.39 bits per heavy atom. The van der Waals surface area contributed by atoms with E-state index < -0.39 is 0 Å². The fraction of sp³-hybridized carbons (Fsp3) is 0.750. The molecule has 0 spiro atoms. The molecule has 3 unspecified atom stereocenters. The van der Waals surface area contributed by atoms with Crippen molar-refractivity contribution in [1.82, 2.24) is 5.32 Å². The minimum Gasteiger partial charge on any atom is -0.313 e. The van der Waals surface area contributed by atoms with Crippen LogP contribution in [0.15, 0.2) is 17.5 Å². The normalized spacial score (nSPS) is 37.3. The van der Waals surface area contributed by atoms with Crippen LogP contribution in [0.1, 0.15) is 44.9 Å². The number of fused-ring (bicyclic) bond motifs is 2. The number of hydrogen-bond acceptors (Lipinski definition) is 2. The Labute approximate surface area is 115 Å². The lowest BCUT2D eigenvalue weighted by Gasteiger charge is -2.43. The summed E-state index contributed by atoms with van der Waals surface area (Å²) in [5.41, 5.74) is 1.05. The van der Waals surface area contributed by atoms with Crippen LogP contribution in [-0.2, 0) is 6.42 Å². The van der Waals surface area contributed by atoms with Crippen LogP contribution in [0.5, 0.6) is 0 Å². The van der Waals surface area contributed by atoms with Gasteiger partial charge in [-0.05, 0) is 53.9 Å². The third kappa shape index (κ3) is 1.94. The smallest absolute Gasteiger partial charge is 0.0175 e. The summed E-state index contributed by atoms with van der Waals surface area (Å²) in [6.07, 6.45) is 5.51. The summed E-state index contributed by atoms with van der Waals surface area (Å²) in [5, 5.41) is 6.07. The number of hydrogen-bond donors (Lipinski definition) is 1. The first kappa shape index (κ1) is 12.7. The Morgan fingerprint density at radius 2 is 2.22 bits per heavy atom.